The summed E-state index contributed by atoms with van der Waals surface area (Å²) in [4.78, 5) is 24.0. The van der Waals surface area contributed by atoms with E-state index in [1.165, 1.54) is 25.7 Å². The molecule has 0 aliphatic heterocycles. The van der Waals surface area contributed by atoms with Gasteiger partial charge in [0.25, 0.3) is 5.91 Å². The second-order valence-corrected chi connectivity index (χ2v) is 6.71. The summed E-state index contributed by atoms with van der Waals surface area (Å²) >= 11 is 0. The number of rotatable bonds is 6. The van der Waals surface area contributed by atoms with Crippen LogP contribution in [0.5, 0.6) is 11.5 Å². The molecule has 0 unspecified atom stereocenters. The van der Waals surface area contributed by atoms with Crippen LogP contribution in [0.15, 0.2) is 23.8 Å². The Hall–Kier alpha value is -3.01. The maximum Gasteiger partial charge on any atom is 0.513 e. The van der Waals surface area contributed by atoms with E-state index < -0.39 is 6.16 Å². The molecule has 2 rings (SSSR count). The van der Waals surface area contributed by atoms with Gasteiger partial charge in [0.2, 0.25) is 0 Å². The molecule has 0 spiro atoms. The van der Waals surface area contributed by atoms with Crippen LogP contribution in [0.3, 0.4) is 0 Å². The molecule has 28 heavy (non-hydrogen) atoms. The summed E-state index contributed by atoms with van der Waals surface area (Å²) in [5.74, 6) is 0.501. The predicted molar refractivity (Wildman–Crippen MR) is 104 cm³/mol. The lowest BCUT2D eigenvalue weighted by Crippen LogP contribution is -2.41. The summed E-state index contributed by atoms with van der Waals surface area (Å²) in [7, 11) is 1.43. The molecule has 0 radical (unpaired) electrons. The summed E-state index contributed by atoms with van der Waals surface area (Å²) in [5, 5.41) is 12.4. The number of methoxy groups -OCH3 is 1. The van der Waals surface area contributed by atoms with Crippen molar-refractivity contribution in [3.63, 3.8) is 0 Å². The van der Waals surface area contributed by atoms with Gasteiger partial charge in [-0.2, -0.15) is 5.26 Å². The first-order valence-corrected chi connectivity index (χ1v) is 9.43. The molecule has 1 amide bonds. The lowest BCUT2D eigenvalue weighted by Gasteiger charge is -2.29. The number of amides is 1. The molecular formula is C21H26N2O5. The van der Waals surface area contributed by atoms with Crippen LogP contribution in [0.2, 0.25) is 0 Å². The molecule has 0 aromatic heterocycles. The predicted octanol–water partition coefficient (Wildman–Crippen LogP) is 3.83. The minimum Gasteiger partial charge on any atom is -0.493 e. The van der Waals surface area contributed by atoms with Gasteiger partial charge in [-0.3, -0.25) is 4.79 Å². The summed E-state index contributed by atoms with van der Waals surface area (Å²) < 4.78 is 15.0. The lowest BCUT2D eigenvalue weighted by molar-refractivity contribution is -0.118. The molecule has 7 heteroatoms. The quantitative estimate of drug-likeness (QED) is 0.345. The second kappa shape index (κ2) is 10.4. The molecule has 1 N–H and O–H groups in total. The van der Waals surface area contributed by atoms with Crippen molar-refractivity contribution in [1.29, 1.82) is 5.26 Å². The number of carbonyl (C=O) groups excluding carboxylic acids is 2. The number of ether oxygens (including phenoxy) is 3. The zero-order chi connectivity index (χ0) is 20.5. The van der Waals surface area contributed by atoms with E-state index in [1.54, 1.807) is 19.1 Å². The third-order valence-corrected chi connectivity index (χ3v) is 4.75. The normalized spacial score (nSPS) is 19.3. The number of benzene rings is 1. The van der Waals surface area contributed by atoms with Crippen LogP contribution in [0.4, 0.5) is 4.79 Å². The zero-order valence-corrected chi connectivity index (χ0v) is 16.5. The molecule has 1 aliphatic rings. The molecule has 7 nitrogen and oxygen atoms in total. The summed E-state index contributed by atoms with van der Waals surface area (Å²) in [6.45, 7) is 3.99. The van der Waals surface area contributed by atoms with E-state index in [0.29, 0.717) is 17.2 Å². The van der Waals surface area contributed by atoms with Gasteiger partial charge >= 0.3 is 6.16 Å². The minimum absolute atomic E-state index is 0.0129. The van der Waals surface area contributed by atoms with Crippen LogP contribution < -0.4 is 14.8 Å². The van der Waals surface area contributed by atoms with Gasteiger partial charge < -0.3 is 19.5 Å². The van der Waals surface area contributed by atoms with Crippen LogP contribution in [0.1, 0.15) is 45.1 Å². The van der Waals surface area contributed by atoms with E-state index in [4.69, 9.17) is 14.2 Å². The standard InChI is InChI=1S/C21H26N2O5/c1-4-27-21(25)28-18-10-9-15(12-19(18)26-3)11-16(13-22)20(24)23-17-8-6-5-7-14(17)2/h9-12,14,17H,4-8H2,1-3H3,(H,23,24)/b16-11+/t14-,17-/m1/s1. The average molecular weight is 386 g/mol. The Kier molecular flexibility index (Phi) is 7.88. The van der Waals surface area contributed by atoms with E-state index in [1.807, 2.05) is 6.07 Å². The van der Waals surface area contributed by atoms with Crippen LogP contribution >= 0.6 is 0 Å². The van der Waals surface area contributed by atoms with E-state index in [2.05, 4.69) is 12.2 Å². The van der Waals surface area contributed by atoms with Crippen molar-refractivity contribution < 1.29 is 23.8 Å². The van der Waals surface area contributed by atoms with Crippen molar-refractivity contribution in [2.24, 2.45) is 5.92 Å². The first-order valence-electron chi connectivity index (χ1n) is 9.43. The summed E-state index contributed by atoms with van der Waals surface area (Å²) in [6.07, 6.45) is 4.92. The number of nitrogens with one attached hydrogen (secondary N) is 1. The summed E-state index contributed by atoms with van der Waals surface area (Å²) in [6, 6.07) is 6.79. The van der Waals surface area contributed by atoms with Gasteiger partial charge in [-0.1, -0.05) is 25.8 Å². The third-order valence-electron chi connectivity index (χ3n) is 4.75. The minimum atomic E-state index is -0.831. The molecule has 1 aromatic rings. The number of hydrogen-bond donors (Lipinski definition) is 1. The molecule has 0 bridgehead atoms. The molecular weight excluding hydrogens is 360 g/mol. The smallest absolute Gasteiger partial charge is 0.493 e. The van der Waals surface area contributed by atoms with Gasteiger partial charge in [0.15, 0.2) is 11.5 Å². The second-order valence-electron chi connectivity index (χ2n) is 6.71. The Morgan fingerprint density at radius 2 is 2.04 bits per heavy atom. The largest absolute Gasteiger partial charge is 0.513 e. The van der Waals surface area contributed by atoms with Gasteiger partial charge in [0, 0.05) is 6.04 Å². The van der Waals surface area contributed by atoms with Crippen molar-refractivity contribution in [3.8, 4) is 17.6 Å². The van der Waals surface area contributed by atoms with Crippen molar-refractivity contribution >= 4 is 18.1 Å². The van der Waals surface area contributed by atoms with Crippen LogP contribution in [0.25, 0.3) is 6.08 Å². The van der Waals surface area contributed by atoms with E-state index in [-0.39, 0.29) is 29.9 Å². The van der Waals surface area contributed by atoms with Crippen molar-refractivity contribution in [1.82, 2.24) is 5.32 Å². The van der Waals surface area contributed by atoms with Gasteiger partial charge in [0.05, 0.1) is 13.7 Å². The number of carbonyl (C=O) groups is 2. The van der Waals surface area contributed by atoms with E-state index in [9.17, 15) is 14.9 Å². The molecule has 1 fully saturated rings. The lowest BCUT2D eigenvalue weighted by atomic mass is 9.86. The number of nitriles is 1. The average Bonchev–Trinajstić information content (AvgIpc) is 2.68. The van der Waals surface area contributed by atoms with Crippen molar-refractivity contribution in [2.75, 3.05) is 13.7 Å². The molecule has 0 heterocycles. The third kappa shape index (κ3) is 5.74. The van der Waals surface area contributed by atoms with Gasteiger partial charge in [-0.15, -0.1) is 0 Å². The molecule has 2 atom stereocenters. The van der Waals surface area contributed by atoms with Crippen molar-refractivity contribution in [2.45, 2.75) is 45.6 Å². The fourth-order valence-corrected chi connectivity index (χ4v) is 3.19. The molecule has 1 saturated carbocycles. The Bertz CT molecular complexity index is 781. The topological polar surface area (TPSA) is 97.7 Å². The zero-order valence-electron chi connectivity index (χ0n) is 16.5. The molecule has 150 valence electrons. The highest BCUT2D eigenvalue weighted by molar-refractivity contribution is 6.01. The Morgan fingerprint density at radius 3 is 2.68 bits per heavy atom. The monoisotopic (exact) mass is 386 g/mol. The first kappa shape index (κ1) is 21.3. The Morgan fingerprint density at radius 1 is 1.29 bits per heavy atom. The SMILES string of the molecule is CCOC(=O)Oc1ccc(/C=C(\C#N)C(=O)N[C@@H]2CCCC[C@H]2C)cc1OC. The molecule has 0 saturated heterocycles. The van der Waals surface area contributed by atoms with Gasteiger partial charge in [-0.25, -0.2) is 4.79 Å². The highest BCUT2D eigenvalue weighted by atomic mass is 16.7. The highest BCUT2D eigenvalue weighted by Gasteiger charge is 2.24. The van der Waals surface area contributed by atoms with Crippen LogP contribution in [0, 0.1) is 17.2 Å². The van der Waals surface area contributed by atoms with E-state index >= 15 is 0 Å². The van der Waals surface area contributed by atoms with Gasteiger partial charge in [0.1, 0.15) is 11.6 Å². The Balaban J connectivity index is 2.15. The maximum atomic E-state index is 12.5. The van der Waals surface area contributed by atoms with Crippen LogP contribution in [-0.4, -0.2) is 31.8 Å². The fraction of sp³-hybridized carbons (Fsp3) is 0.476. The first-order chi connectivity index (χ1) is 13.5. The van der Waals surface area contributed by atoms with Crippen molar-refractivity contribution in [3.05, 3.63) is 29.3 Å². The van der Waals surface area contributed by atoms with Crippen LogP contribution in [-0.2, 0) is 9.53 Å². The highest BCUT2D eigenvalue weighted by Crippen LogP contribution is 2.29. The number of nitrogens with zero attached hydrogens (tertiary/aromatic N) is 1. The maximum absolute atomic E-state index is 12.5. The van der Waals surface area contributed by atoms with Gasteiger partial charge in [-0.05, 0) is 49.5 Å². The van der Waals surface area contributed by atoms with E-state index in [0.717, 1.165) is 19.3 Å². The Labute approximate surface area is 165 Å². The fourth-order valence-electron chi connectivity index (χ4n) is 3.19. The molecule has 1 aromatic carbocycles. The number of hydrogen-bond acceptors (Lipinski definition) is 6. The summed E-state index contributed by atoms with van der Waals surface area (Å²) in [5.41, 5.74) is 0.593. The molecule has 1 aliphatic carbocycles.